The number of Topliss-reactive ketones (excluding diaryl/α,β-unsaturated/α-hetero) is 2. The first-order valence-corrected chi connectivity index (χ1v) is 7.38. The molecule has 0 amide bonds. The Labute approximate surface area is 131 Å². The monoisotopic (exact) mass is 292 g/mol. The third-order valence-electron chi connectivity index (χ3n) is 3.72. The molecule has 2 heteroatoms. The molecule has 2 aromatic rings. The highest BCUT2D eigenvalue weighted by Gasteiger charge is 2.28. The van der Waals surface area contributed by atoms with Crippen LogP contribution in [0.2, 0.25) is 0 Å². The van der Waals surface area contributed by atoms with Crippen LogP contribution in [0.1, 0.15) is 30.9 Å². The first-order chi connectivity index (χ1) is 10.6. The Morgan fingerprint density at radius 3 is 1.82 bits per heavy atom. The lowest BCUT2D eigenvalue weighted by Crippen LogP contribution is -2.26. The molecule has 0 aliphatic carbocycles. The lowest BCUT2D eigenvalue weighted by molar-refractivity contribution is -0.130. The number of allylic oxidation sites excluding steroid dienone is 1. The maximum atomic E-state index is 12.0. The molecular formula is C20H20O2. The van der Waals surface area contributed by atoms with Crippen LogP contribution < -0.4 is 0 Å². The van der Waals surface area contributed by atoms with Crippen molar-refractivity contribution in [1.82, 2.24) is 0 Å². The Balaban J connectivity index is 2.40. The molecule has 0 bridgehead atoms. The Morgan fingerprint density at radius 1 is 0.818 bits per heavy atom. The SMILES string of the molecule is CC(=O)C(C(C)=O)C(/C=C/c1ccccc1)c1ccccc1. The van der Waals surface area contributed by atoms with Crippen molar-refractivity contribution in [2.45, 2.75) is 19.8 Å². The Hall–Kier alpha value is -2.48. The van der Waals surface area contributed by atoms with Crippen LogP contribution in [0.25, 0.3) is 6.08 Å². The summed E-state index contributed by atoms with van der Waals surface area (Å²) < 4.78 is 0. The molecule has 2 nitrogen and oxygen atoms in total. The normalized spacial score (nSPS) is 12.5. The van der Waals surface area contributed by atoms with Crippen LogP contribution in [-0.4, -0.2) is 11.6 Å². The molecule has 112 valence electrons. The van der Waals surface area contributed by atoms with Crippen LogP contribution in [0.5, 0.6) is 0 Å². The molecule has 0 aliphatic heterocycles. The second-order valence-electron chi connectivity index (χ2n) is 5.41. The molecule has 22 heavy (non-hydrogen) atoms. The quantitative estimate of drug-likeness (QED) is 0.745. The Morgan fingerprint density at radius 2 is 1.32 bits per heavy atom. The molecule has 0 heterocycles. The summed E-state index contributed by atoms with van der Waals surface area (Å²) in [5.74, 6) is -1.07. The molecule has 2 aromatic carbocycles. The molecule has 0 fully saturated rings. The second kappa shape index (κ2) is 7.51. The minimum absolute atomic E-state index is 0.0981. The van der Waals surface area contributed by atoms with Crippen molar-refractivity contribution in [1.29, 1.82) is 0 Å². The van der Waals surface area contributed by atoms with Gasteiger partial charge in [0, 0.05) is 5.92 Å². The third-order valence-corrected chi connectivity index (χ3v) is 3.72. The zero-order valence-electron chi connectivity index (χ0n) is 12.9. The van der Waals surface area contributed by atoms with E-state index in [4.69, 9.17) is 0 Å². The first-order valence-electron chi connectivity index (χ1n) is 7.38. The van der Waals surface area contributed by atoms with E-state index < -0.39 is 5.92 Å². The van der Waals surface area contributed by atoms with Gasteiger partial charge >= 0.3 is 0 Å². The molecule has 0 spiro atoms. The molecule has 0 saturated heterocycles. The molecule has 0 radical (unpaired) electrons. The summed E-state index contributed by atoms with van der Waals surface area (Å²) in [7, 11) is 0. The summed E-state index contributed by atoms with van der Waals surface area (Å²) >= 11 is 0. The molecule has 0 aromatic heterocycles. The number of benzene rings is 2. The second-order valence-corrected chi connectivity index (χ2v) is 5.41. The van der Waals surface area contributed by atoms with Gasteiger partial charge in [-0.25, -0.2) is 0 Å². The van der Waals surface area contributed by atoms with Crippen LogP contribution in [0.4, 0.5) is 0 Å². The fourth-order valence-corrected chi connectivity index (χ4v) is 2.66. The van der Waals surface area contributed by atoms with Crippen molar-refractivity contribution in [2.75, 3.05) is 0 Å². The van der Waals surface area contributed by atoms with Crippen LogP contribution in [-0.2, 0) is 9.59 Å². The molecule has 1 atom stereocenters. The van der Waals surface area contributed by atoms with Crippen molar-refractivity contribution < 1.29 is 9.59 Å². The molecule has 0 saturated carbocycles. The average Bonchev–Trinajstić information content (AvgIpc) is 2.52. The van der Waals surface area contributed by atoms with Crippen LogP contribution in [0.3, 0.4) is 0 Å². The lowest BCUT2D eigenvalue weighted by Gasteiger charge is -2.20. The minimum atomic E-state index is -0.637. The largest absolute Gasteiger partial charge is 0.299 e. The van der Waals surface area contributed by atoms with E-state index in [2.05, 4.69) is 0 Å². The summed E-state index contributed by atoms with van der Waals surface area (Å²) in [6.45, 7) is 2.97. The topological polar surface area (TPSA) is 34.1 Å². The van der Waals surface area contributed by atoms with E-state index in [1.165, 1.54) is 13.8 Å². The first kappa shape index (κ1) is 15.9. The predicted molar refractivity (Wildman–Crippen MR) is 89.5 cm³/mol. The molecule has 0 N–H and O–H groups in total. The van der Waals surface area contributed by atoms with E-state index in [9.17, 15) is 9.59 Å². The van der Waals surface area contributed by atoms with Crippen LogP contribution in [0.15, 0.2) is 66.7 Å². The zero-order chi connectivity index (χ0) is 15.9. The Bertz CT molecular complexity index is 643. The fraction of sp³-hybridized carbons (Fsp3) is 0.200. The highest BCUT2D eigenvalue weighted by atomic mass is 16.1. The summed E-state index contributed by atoms with van der Waals surface area (Å²) in [6.07, 6.45) is 3.93. The predicted octanol–water partition coefficient (Wildman–Crippen LogP) is 4.28. The van der Waals surface area contributed by atoms with E-state index in [1.54, 1.807) is 0 Å². The molecule has 1 unspecified atom stereocenters. The zero-order valence-corrected chi connectivity index (χ0v) is 12.9. The summed E-state index contributed by atoms with van der Waals surface area (Å²) in [5, 5.41) is 0. The van der Waals surface area contributed by atoms with E-state index in [0.29, 0.717) is 0 Å². The van der Waals surface area contributed by atoms with Gasteiger partial charge in [0.2, 0.25) is 0 Å². The maximum Gasteiger partial charge on any atom is 0.141 e. The van der Waals surface area contributed by atoms with Gasteiger partial charge in [0.25, 0.3) is 0 Å². The fourth-order valence-electron chi connectivity index (χ4n) is 2.66. The van der Waals surface area contributed by atoms with Gasteiger partial charge in [-0.1, -0.05) is 72.8 Å². The number of hydrogen-bond donors (Lipinski definition) is 0. The summed E-state index contributed by atoms with van der Waals surface area (Å²) in [4.78, 5) is 23.9. The number of hydrogen-bond acceptors (Lipinski definition) is 2. The number of carbonyl (C=O) groups excluding carboxylic acids is 2. The highest BCUT2D eigenvalue weighted by Crippen LogP contribution is 2.28. The number of carbonyl (C=O) groups is 2. The Kier molecular flexibility index (Phi) is 5.42. The van der Waals surface area contributed by atoms with E-state index in [1.807, 2.05) is 72.8 Å². The van der Waals surface area contributed by atoms with Gasteiger partial charge in [0.05, 0.1) is 5.92 Å². The van der Waals surface area contributed by atoms with Gasteiger partial charge in [-0.15, -0.1) is 0 Å². The molecule has 2 rings (SSSR count). The highest BCUT2D eigenvalue weighted by molar-refractivity contribution is 6.01. The number of rotatable bonds is 6. The van der Waals surface area contributed by atoms with Gasteiger partial charge in [-0.2, -0.15) is 0 Å². The van der Waals surface area contributed by atoms with Crippen LogP contribution >= 0.6 is 0 Å². The maximum absolute atomic E-state index is 12.0. The molecule has 0 aliphatic rings. The third kappa shape index (κ3) is 4.01. The average molecular weight is 292 g/mol. The lowest BCUT2D eigenvalue weighted by atomic mass is 9.81. The summed E-state index contributed by atoms with van der Waals surface area (Å²) in [6, 6.07) is 19.6. The van der Waals surface area contributed by atoms with Crippen molar-refractivity contribution >= 4 is 17.6 Å². The summed E-state index contributed by atoms with van der Waals surface area (Å²) in [5.41, 5.74) is 2.03. The standard InChI is InChI=1S/C20H20O2/c1-15(21)20(16(2)22)19(18-11-7-4-8-12-18)14-13-17-9-5-3-6-10-17/h3-14,19-20H,1-2H3/b14-13+. The molecular weight excluding hydrogens is 272 g/mol. The van der Waals surface area contributed by atoms with Crippen molar-refractivity contribution in [3.8, 4) is 0 Å². The van der Waals surface area contributed by atoms with Gasteiger partial charge in [-0.3, -0.25) is 9.59 Å². The van der Waals surface area contributed by atoms with Gasteiger partial charge < -0.3 is 0 Å². The van der Waals surface area contributed by atoms with Gasteiger partial charge in [0.1, 0.15) is 11.6 Å². The van der Waals surface area contributed by atoms with E-state index in [0.717, 1.165) is 11.1 Å². The van der Waals surface area contributed by atoms with Crippen LogP contribution in [0, 0.1) is 5.92 Å². The van der Waals surface area contributed by atoms with E-state index in [-0.39, 0.29) is 17.5 Å². The van der Waals surface area contributed by atoms with Crippen molar-refractivity contribution in [3.63, 3.8) is 0 Å². The van der Waals surface area contributed by atoms with Gasteiger partial charge in [0.15, 0.2) is 0 Å². The minimum Gasteiger partial charge on any atom is -0.299 e. The van der Waals surface area contributed by atoms with Crippen molar-refractivity contribution in [2.24, 2.45) is 5.92 Å². The van der Waals surface area contributed by atoms with Crippen molar-refractivity contribution in [3.05, 3.63) is 77.9 Å². The number of ketones is 2. The van der Waals surface area contributed by atoms with Gasteiger partial charge in [-0.05, 0) is 25.0 Å². The van der Waals surface area contributed by atoms with E-state index >= 15 is 0 Å². The smallest absolute Gasteiger partial charge is 0.141 e.